The van der Waals surface area contributed by atoms with E-state index in [1.54, 1.807) is 18.2 Å². The number of carbonyl (C=O) groups excluding carboxylic acids is 2. The average molecular weight is 424 g/mol. The number of nitrogens with one attached hydrogen (secondary N) is 2. The van der Waals surface area contributed by atoms with Gasteiger partial charge in [0.25, 0.3) is 11.8 Å². The highest BCUT2D eigenvalue weighted by Crippen LogP contribution is 2.23. The third-order valence-corrected chi connectivity index (χ3v) is 5.03. The van der Waals surface area contributed by atoms with Gasteiger partial charge >= 0.3 is 0 Å². The lowest BCUT2D eigenvalue weighted by atomic mass is 10.2. The Bertz CT molecular complexity index is 1010. The highest BCUT2D eigenvalue weighted by atomic mass is 35.5. The number of carbonyl (C=O) groups is 2. The fourth-order valence-corrected chi connectivity index (χ4v) is 3.13. The van der Waals surface area contributed by atoms with E-state index in [1.165, 1.54) is 29.6 Å². The first-order chi connectivity index (χ1) is 12.9. The van der Waals surface area contributed by atoms with Crippen molar-refractivity contribution in [1.82, 2.24) is 10.3 Å². The Balaban J connectivity index is 1.62. The number of benzene rings is 2. The van der Waals surface area contributed by atoms with Gasteiger partial charge < -0.3 is 5.32 Å². The largest absolute Gasteiger partial charge is 0.346 e. The van der Waals surface area contributed by atoms with Gasteiger partial charge in [-0.1, -0.05) is 41.4 Å². The van der Waals surface area contributed by atoms with Crippen molar-refractivity contribution in [1.29, 1.82) is 0 Å². The quantitative estimate of drug-likeness (QED) is 0.620. The van der Waals surface area contributed by atoms with Crippen LogP contribution in [0.5, 0.6) is 0 Å². The minimum Gasteiger partial charge on any atom is -0.346 e. The Hall–Kier alpha value is -2.48. The lowest BCUT2D eigenvalue weighted by molar-refractivity contribution is 0.0945. The number of thiazole rings is 1. The van der Waals surface area contributed by atoms with Crippen LogP contribution in [0, 0.1) is 5.82 Å². The molecule has 0 aliphatic carbocycles. The van der Waals surface area contributed by atoms with Crippen LogP contribution in [0.2, 0.25) is 10.0 Å². The van der Waals surface area contributed by atoms with E-state index in [-0.39, 0.29) is 22.4 Å². The maximum Gasteiger partial charge on any atom is 0.271 e. The zero-order valence-corrected chi connectivity index (χ0v) is 16.0. The zero-order valence-electron chi connectivity index (χ0n) is 13.6. The van der Waals surface area contributed by atoms with E-state index in [2.05, 4.69) is 15.6 Å². The SMILES string of the molecule is O=C(Nc1nc(C(=O)NCc2ccccc2F)cs1)c1ccc(Cl)c(Cl)c1. The topological polar surface area (TPSA) is 71.1 Å². The molecule has 1 aromatic heterocycles. The molecule has 0 aliphatic heterocycles. The molecule has 2 N–H and O–H groups in total. The highest BCUT2D eigenvalue weighted by molar-refractivity contribution is 7.14. The van der Waals surface area contributed by atoms with Crippen molar-refractivity contribution in [2.75, 3.05) is 5.32 Å². The van der Waals surface area contributed by atoms with Crippen LogP contribution in [0.25, 0.3) is 0 Å². The number of anilines is 1. The number of rotatable bonds is 5. The van der Waals surface area contributed by atoms with Crippen LogP contribution in [0.3, 0.4) is 0 Å². The van der Waals surface area contributed by atoms with Gasteiger partial charge in [-0.3, -0.25) is 14.9 Å². The van der Waals surface area contributed by atoms with Gasteiger partial charge in [0.1, 0.15) is 11.5 Å². The van der Waals surface area contributed by atoms with Crippen LogP contribution in [0.15, 0.2) is 47.8 Å². The molecule has 1 heterocycles. The highest BCUT2D eigenvalue weighted by Gasteiger charge is 2.14. The summed E-state index contributed by atoms with van der Waals surface area (Å²) in [4.78, 5) is 28.4. The minimum absolute atomic E-state index is 0.0357. The molecular formula is C18H12Cl2FN3O2S. The molecule has 138 valence electrons. The maximum atomic E-state index is 13.6. The number of hydrogen-bond acceptors (Lipinski definition) is 4. The molecule has 0 atom stereocenters. The predicted octanol–water partition coefficient (Wildman–Crippen LogP) is 4.77. The second-order valence-corrected chi connectivity index (χ2v) is 7.07. The summed E-state index contributed by atoms with van der Waals surface area (Å²) < 4.78 is 13.6. The van der Waals surface area contributed by atoms with Gasteiger partial charge in [0.15, 0.2) is 5.13 Å². The lowest BCUT2D eigenvalue weighted by Gasteiger charge is -2.05. The Labute approximate surface area is 168 Å². The summed E-state index contributed by atoms with van der Waals surface area (Å²) in [7, 11) is 0. The molecule has 2 aromatic carbocycles. The van der Waals surface area contributed by atoms with Gasteiger partial charge in [-0.2, -0.15) is 0 Å². The first-order valence-corrected chi connectivity index (χ1v) is 9.31. The molecule has 2 amide bonds. The molecule has 0 aliphatic rings. The Morgan fingerprint density at radius 2 is 1.85 bits per heavy atom. The fraction of sp³-hybridized carbons (Fsp3) is 0.0556. The average Bonchev–Trinajstić information content (AvgIpc) is 3.11. The molecule has 0 radical (unpaired) electrons. The van der Waals surface area contributed by atoms with Crippen molar-refractivity contribution in [3.05, 3.63) is 80.5 Å². The van der Waals surface area contributed by atoms with E-state index < -0.39 is 17.6 Å². The first-order valence-electron chi connectivity index (χ1n) is 7.67. The fourth-order valence-electron chi connectivity index (χ4n) is 2.15. The Morgan fingerprint density at radius 3 is 2.59 bits per heavy atom. The van der Waals surface area contributed by atoms with Crippen LogP contribution in [-0.4, -0.2) is 16.8 Å². The molecule has 3 rings (SSSR count). The third kappa shape index (κ3) is 4.82. The molecule has 0 saturated carbocycles. The first kappa shape index (κ1) is 19.3. The van der Waals surface area contributed by atoms with Gasteiger partial charge in [-0.25, -0.2) is 9.37 Å². The summed E-state index contributed by atoms with van der Waals surface area (Å²) >= 11 is 12.8. The van der Waals surface area contributed by atoms with Gasteiger partial charge in [0.05, 0.1) is 10.0 Å². The van der Waals surface area contributed by atoms with E-state index >= 15 is 0 Å². The number of nitrogens with zero attached hydrogens (tertiary/aromatic N) is 1. The second kappa shape index (κ2) is 8.47. The number of hydrogen-bond donors (Lipinski definition) is 2. The van der Waals surface area contributed by atoms with E-state index in [0.717, 1.165) is 11.3 Å². The van der Waals surface area contributed by atoms with Crippen molar-refractivity contribution < 1.29 is 14.0 Å². The molecule has 0 fully saturated rings. The van der Waals surface area contributed by atoms with Crippen molar-refractivity contribution in [2.45, 2.75) is 6.54 Å². The van der Waals surface area contributed by atoms with Gasteiger partial charge in [0, 0.05) is 23.1 Å². The van der Waals surface area contributed by atoms with E-state index in [1.807, 2.05) is 0 Å². The normalized spacial score (nSPS) is 10.5. The van der Waals surface area contributed by atoms with Crippen LogP contribution >= 0.6 is 34.5 Å². The molecule has 9 heteroatoms. The summed E-state index contributed by atoms with van der Waals surface area (Å²) in [6.07, 6.45) is 0. The molecule has 0 spiro atoms. The second-order valence-electron chi connectivity index (χ2n) is 5.39. The minimum atomic E-state index is -0.468. The summed E-state index contributed by atoms with van der Waals surface area (Å²) in [6.45, 7) is 0.0357. The number of halogens is 3. The van der Waals surface area contributed by atoms with Crippen LogP contribution in [0.1, 0.15) is 26.4 Å². The smallest absolute Gasteiger partial charge is 0.271 e. The summed E-state index contributed by atoms with van der Waals surface area (Å²) in [5, 5.41) is 7.54. The molecule has 27 heavy (non-hydrogen) atoms. The van der Waals surface area contributed by atoms with Crippen LogP contribution < -0.4 is 10.6 Å². The summed E-state index contributed by atoms with van der Waals surface area (Å²) in [5.74, 6) is -1.29. The number of aromatic nitrogens is 1. The van der Waals surface area contributed by atoms with Crippen LogP contribution in [-0.2, 0) is 6.54 Å². The molecule has 3 aromatic rings. The maximum absolute atomic E-state index is 13.6. The van der Waals surface area contributed by atoms with E-state index in [0.29, 0.717) is 16.1 Å². The van der Waals surface area contributed by atoms with Crippen molar-refractivity contribution in [3.63, 3.8) is 0 Å². The van der Waals surface area contributed by atoms with Gasteiger partial charge in [0.2, 0.25) is 0 Å². The van der Waals surface area contributed by atoms with Gasteiger partial charge in [-0.15, -0.1) is 11.3 Å². The molecular weight excluding hydrogens is 412 g/mol. The van der Waals surface area contributed by atoms with Crippen molar-refractivity contribution in [2.24, 2.45) is 0 Å². The molecule has 0 bridgehead atoms. The van der Waals surface area contributed by atoms with Crippen molar-refractivity contribution in [3.8, 4) is 0 Å². The zero-order chi connectivity index (χ0) is 19.4. The lowest BCUT2D eigenvalue weighted by Crippen LogP contribution is -2.23. The monoisotopic (exact) mass is 423 g/mol. The molecule has 5 nitrogen and oxygen atoms in total. The third-order valence-electron chi connectivity index (χ3n) is 3.54. The summed E-state index contributed by atoms with van der Waals surface area (Å²) in [5.41, 5.74) is 0.806. The van der Waals surface area contributed by atoms with E-state index in [9.17, 15) is 14.0 Å². The molecule has 0 unspecified atom stereocenters. The number of amides is 2. The Morgan fingerprint density at radius 1 is 1.07 bits per heavy atom. The Kier molecular flexibility index (Phi) is 6.05. The van der Waals surface area contributed by atoms with Gasteiger partial charge in [-0.05, 0) is 24.3 Å². The van der Waals surface area contributed by atoms with Crippen molar-refractivity contribution >= 4 is 51.5 Å². The van der Waals surface area contributed by atoms with Crippen LogP contribution in [0.4, 0.5) is 9.52 Å². The summed E-state index contributed by atoms with van der Waals surface area (Å²) in [6, 6.07) is 10.6. The molecule has 0 saturated heterocycles. The predicted molar refractivity (Wildman–Crippen MR) is 104 cm³/mol. The standard InChI is InChI=1S/C18H12Cl2FN3O2S/c19-12-6-5-10(7-13(12)20)16(25)24-18-23-15(9-27-18)17(26)22-8-11-3-1-2-4-14(11)21/h1-7,9H,8H2,(H,22,26)(H,23,24,25). The van der Waals surface area contributed by atoms with E-state index in [4.69, 9.17) is 23.2 Å².